The Kier molecular flexibility index (Phi) is 8.70. The fourth-order valence-corrected chi connectivity index (χ4v) is 5.22. The van der Waals surface area contributed by atoms with E-state index in [1.54, 1.807) is 0 Å². The van der Waals surface area contributed by atoms with Gasteiger partial charge in [0.25, 0.3) is 5.56 Å². The van der Waals surface area contributed by atoms with E-state index in [1.165, 1.54) is 7.11 Å². The molecule has 1 aliphatic heterocycles. The molecule has 10 nitrogen and oxygen atoms in total. The van der Waals surface area contributed by atoms with Gasteiger partial charge in [-0.15, -0.1) is 12.4 Å². The summed E-state index contributed by atoms with van der Waals surface area (Å²) in [6, 6.07) is -0.325. The van der Waals surface area contributed by atoms with Gasteiger partial charge in [0.15, 0.2) is 5.52 Å². The number of hydrogen-bond donors (Lipinski definition) is 3. The first kappa shape index (κ1) is 26.2. The molecule has 2 aliphatic rings. The minimum absolute atomic E-state index is 0. The van der Waals surface area contributed by atoms with Gasteiger partial charge in [0.2, 0.25) is 5.91 Å². The number of halogens is 1. The third-order valence-electron chi connectivity index (χ3n) is 6.96. The molecule has 3 N–H and O–H groups in total. The smallest absolute Gasteiger partial charge is 0.323 e. The van der Waals surface area contributed by atoms with Crippen LogP contribution in [-0.2, 0) is 20.7 Å². The number of amides is 1. The first-order chi connectivity index (χ1) is 15.9. The van der Waals surface area contributed by atoms with Gasteiger partial charge in [-0.2, -0.15) is 5.10 Å². The van der Waals surface area contributed by atoms with E-state index in [2.05, 4.69) is 20.5 Å². The van der Waals surface area contributed by atoms with Gasteiger partial charge in [-0.3, -0.25) is 24.4 Å². The van der Waals surface area contributed by atoms with Crippen LogP contribution in [0.1, 0.15) is 69.8 Å². The Morgan fingerprint density at radius 1 is 1.18 bits per heavy atom. The fraction of sp³-hybridized carbons (Fsp3) is 0.696. The molecule has 188 valence electrons. The summed E-state index contributed by atoms with van der Waals surface area (Å²) in [7, 11) is 1.38. The summed E-state index contributed by atoms with van der Waals surface area (Å²) in [6.07, 6.45) is 6.19. The van der Waals surface area contributed by atoms with E-state index in [9.17, 15) is 14.4 Å². The van der Waals surface area contributed by atoms with Crippen molar-refractivity contribution in [2.24, 2.45) is 5.92 Å². The number of fused-ring (bicyclic) bond motifs is 1. The van der Waals surface area contributed by atoms with Gasteiger partial charge in [0.05, 0.1) is 19.3 Å². The van der Waals surface area contributed by atoms with Gasteiger partial charge in [-0.25, -0.2) is 4.98 Å². The number of methoxy groups -OCH3 is 1. The Bertz CT molecular complexity index is 1070. The minimum Gasteiger partial charge on any atom is -0.468 e. The number of nitrogens with one attached hydrogen (secondary N) is 3. The lowest BCUT2D eigenvalue weighted by Gasteiger charge is -2.33. The van der Waals surface area contributed by atoms with Crippen LogP contribution in [0.4, 0.5) is 0 Å². The van der Waals surface area contributed by atoms with E-state index < -0.39 is 0 Å². The molecule has 1 amide bonds. The molecule has 0 spiro atoms. The maximum atomic E-state index is 12.8. The normalized spacial score (nSPS) is 23.1. The van der Waals surface area contributed by atoms with Crippen LogP contribution in [0.15, 0.2) is 4.79 Å². The van der Waals surface area contributed by atoms with Crippen molar-refractivity contribution in [3.63, 3.8) is 0 Å². The highest BCUT2D eigenvalue weighted by Gasteiger charge is 2.34. The van der Waals surface area contributed by atoms with E-state index in [0.717, 1.165) is 50.8 Å². The standard InChI is InChI=1S/C23H34N6O4.ClH/c1-13(2)19-20-21(28-27-19)22(31)26-17(25-20)11-14-7-4-5-8-15(14)24-18(30)12-29-10-6-9-16(29)23(32)33-3;/h13-16H,4-12H2,1-3H3,(H,24,30)(H,27,28)(H,25,26,31);1H/t14-,15+,16-;/m0./s1. The monoisotopic (exact) mass is 494 g/mol. The zero-order valence-corrected chi connectivity index (χ0v) is 20.9. The number of aromatic nitrogens is 4. The van der Waals surface area contributed by atoms with Crippen molar-refractivity contribution in [2.75, 3.05) is 20.2 Å². The Morgan fingerprint density at radius 2 is 1.94 bits per heavy atom. The highest BCUT2D eigenvalue weighted by atomic mass is 35.5. The van der Waals surface area contributed by atoms with Gasteiger partial charge in [-0.1, -0.05) is 26.7 Å². The Labute approximate surface area is 205 Å². The van der Waals surface area contributed by atoms with Crippen molar-refractivity contribution >= 4 is 35.3 Å². The number of nitrogens with zero attached hydrogens (tertiary/aromatic N) is 3. The lowest BCUT2D eigenvalue weighted by molar-refractivity contribution is -0.146. The zero-order chi connectivity index (χ0) is 23.5. The molecular formula is C23H35ClN6O4. The van der Waals surface area contributed by atoms with Gasteiger partial charge < -0.3 is 15.0 Å². The Balaban J connectivity index is 0.00000324. The molecule has 2 aromatic rings. The zero-order valence-electron chi connectivity index (χ0n) is 20.1. The molecule has 3 atom stereocenters. The van der Waals surface area contributed by atoms with Crippen LogP contribution < -0.4 is 10.9 Å². The van der Waals surface area contributed by atoms with Crippen LogP contribution in [-0.4, -0.2) is 69.2 Å². The molecule has 2 aromatic heterocycles. The molecule has 34 heavy (non-hydrogen) atoms. The Hall–Kier alpha value is -2.46. The highest BCUT2D eigenvalue weighted by molar-refractivity contribution is 5.85. The second-order valence-corrected chi connectivity index (χ2v) is 9.58. The number of H-pyrrole nitrogens is 2. The summed E-state index contributed by atoms with van der Waals surface area (Å²) in [4.78, 5) is 46.9. The first-order valence-electron chi connectivity index (χ1n) is 12.0. The molecule has 0 bridgehead atoms. The predicted octanol–water partition coefficient (Wildman–Crippen LogP) is 2.05. The molecule has 2 fully saturated rings. The number of rotatable bonds is 7. The van der Waals surface area contributed by atoms with Crippen LogP contribution in [0.2, 0.25) is 0 Å². The average Bonchev–Trinajstić information content (AvgIpc) is 3.42. The Morgan fingerprint density at radius 3 is 2.68 bits per heavy atom. The molecule has 1 aliphatic carbocycles. The van der Waals surface area contributed by atoms with E-state index in [0.29, 0.717) is 23.3 Å². The molecular weight excluding hydrogens is 460 g/mol. The second kappa shape index (κ2) is 11.3. The van der Waals surface area contributed by atoms with E-state index >= 15 is 0 Å². The average molecular weight is 495 g/mol. The number of carbonyl (C=O) groups is 2. The van der Waals surface area contributed by atoms with Crippen molar-refractivity contribution in [3.8, 4) is 0 Å². The molecule has 11 heteroatoms. The maximum absolute atomic E-state index is 12.8. The van der Waals surface area contributed by atoms with Crippen molar-refractivity contribution < 1.29 is 14.3 Å². The molecule has 0 aromatic carbocycles. The summed E-state index contributed by atoms with van der Waals surface area (Å²) in [5.74, 6) is 0.649. The van der Waals surface area contributed by atoms with Crippen molar-refractivity contribution in [1.29, 1.82) is 0 Å². The summed E-state index contributed by atoms with van der Waals surface area (Å²) in [5.41, 5.74) is 1.58. The van der Waals surface area contributed by atoms with Crippen LogP contribution in [0.5, 0.6) is 0 Å². The summed E-state index contributed by atoms with van der Waals surface area (Å²) in [5, 5.41) is 10.3. The van der Waals surface area contributed by atoms with Crippen molar-refractivity contribution in [3.05, 3.63) is 21.9 Å². The topological polar surface area (TPSA) is 133 Å². The number of carbonyl (C=O) groups excluding carboxylic acids is 2. The van der Waals surface area contributed by atoms with Crippen LogP contribution in [0.25, 0.3) is 11.0 Å². The lowest BCUT2D eigenvalue weighted by Crippen LogP contribution is -2.49. The number of hydrogen-bond acceptors (Lipinski definition) is 7. The second-order valence-electron chi connectivity index (χ2n) is 9.58. The van der Waals surface area contributed by atoms with E-state index in [4.69, 9.17) is 9.72 Å². The van der Waals surface area contributed by atoms with Crippen LogP contribution >= 0.6 is 12.4 Å². The quantitative estimate of drug-likeness (QED) is 0.501. The summed E-state index contributed by atoms with van der Waals surface area (Å²) in [6.45, 7) is 4.98. The summed E-state index contributed by atoms with van der Waals surface area (Å²) < 4.78 is 4.88. The fourth-order valence-electron chi connectivity index (χ4n) is 5.22. The number of esters is 1. The molecule has 1 saturated heterocycles. The van der Waals surface area contributed by atoms with Crippen molar-refractivity contribution in [1.82, 2.24) is 30.4 Å². The molecule has 3 heterocycles. The van der Waals surface area contributed by atoms with Crippen LogP contribution in [0, 0.1) is 5.92 Å². The number of aromatic amines is 2. The SMILES string of the molecule is COC(=O)[C@@H]1CCCN1CC(=O)N[C@@H]1CCCC[C@H]1Cc1nc2c(C(C)C)[nH]nc2c(=O)[nH]1.Cl. The first-order valence-corrected chi connectivity index (χ1v) is 12.0. The van der Waals surface area contributed by atoms with Crippen LogP contribution in [0.3, 0.4) is 0 Å². The lowest BCUT2D eigenvalue weighted by atomic mass is 9.82. The highest BCUT2D eigenvalue weighted by Crippen LogP contribution is 2.28. The van der Waals surface area contributed by atoms with E-state index in [1.807, 2.05) is 18.7 Å². The maximum Gasteiger partial charge on any atom is 0.323 e. The van der Waals surface area contributed by atoms with Gasteiger partial charge in [0, 0.05) is 12.5 Å². The minimum atomic E-state index is -0.339. The molecule has 0 unspecified atom stereocenters. The molecule has 0 radical (unpaired) electrons. The largest absolute Gasteiger partial charge is 0.468 e. The van der Waals surface area contributed by atoms with Gasteiger partial charge in [0.1, 0.15) is 17.4 Å². The number of ether oxygens (including phenoxy) is 1. The summed E-state index contributed by atoms with van der Waals surface area (Å²) >= 11 is 0. The third kappa shape index (κ3) is 5.60. The third-order valence-corrected chi connectivity index (χ3v) is 6.96. The van der Waals surface area contributed by atoms with Gasteiger partial charge >= 0.3 is 5.97 Å². The van der Waals surface area contributed by atoms with E-state index in [-0.39, 0.29) is 60.3 Å². The number of likely N-dealkylation sites (tertiary alicyclic amines) is 1. The van der Waals surface area contributed by atoms with Gasteiger partial charge in [-0.05, 0) is 44.1 Å². The molecule has 1 saturated carbocycles. The molecule has 4 rings (SSSR count). The predicted molar refractivity (Wildman–Crippen MR) is 130 cm³/mol. The van der Waals surface area contributed by atoms with Crippen molar-refractivity contribution in [2.45, 2.75) is 76.8 Å².